The Morgan fingerprint density at radius 2 is 1.97 bits per heavy atom. The van der Waals surface area contributed by atoms with Crippen molar-refractivity contribution in [3.05, 3.63) is 24.0 Å². The van der Waals surface area contributed by atoms with Crippen LogP contribution in [0.25, 0.3) is 0 Å². The lowest BCUT2D eigenvalue weighted by Crippen LogP contribution is -2.49. The van der Waals surface area contributed by atoms with E-state index in [9.17, 15) is 23.6 Å². The molecule has 13 heteroatoms. The number of benzene rings is 1. The third-order valence-electron chi connectivity index (χ3n) is 5.43. The molecule has 1 aromatic rings. The van der Waals surface area contributed by atoms with Crippen LogP contribution in [0.4, 0.5) is 20.6 Å². The molecule has 0 radical (unpaired) electrons. The molecule has 4 amide bonds. The van der Waals surface area contributed by atoms with E-state index in [1.54, 1.807) is 37.8 Å². The maximum Gasteiger partial charge on any atom is 0.414 e. The summed E-state index contributed by atoms with van der Waals surface area (Å²) in [5.41, 5.74) is 0.189. The molecule has 1 unspecified atom stereocenters. The molecule has 2 heterocycles. The lowest BCUT2D eigenvalue weighted by atomic mass is 10.2. The van der Waals surface area contributed by atoms with Gasteiger partial charge < -0.3 is 19.9 Å². The number of cyclic esters (lactones) is 1. The van der Waals surface area contributed by atoms with Crippen molar-refractivity contribution < 1.29 is 33.1 Å². The number of carbonyl (C=O) groups excluding carboxylic acids is 4. The van der Waals surface area contributed by atoms with Gasteiger partial charge in [-0.3, -0.25) is 24.1 Å². The highest BCUT2D eigenvalue weighted by atomic mass is 32.2. The molecule has 0 aromatic heterocycles. The molecule has 3 rings (SSSR count). The highest BCUT2D eigenvalue weighted by Gasteiger charge is 2.33. The molecule has 2 aliphatic heterocycles. The number of nitrogens with one attached hydrogen (secondary N) is 1. The van der Waals surface area contributed by atoms with Crippen LogP contribution in [-0.2, 0) is 24.0 Å². The number of hydrogen-bond acceptors (Lipinski definition) is 8. The first-order valence-corrected chi connectivity index (χ1v) is 12.5. The molecule has 1 N–H and O–H groups in total. The first-order chi connectivity index (χ1) is 17.0. The minimum Gasteiger partial charge on any atom is -0.442 e. The zero-order chi connectivity index (χ0) is 26.5. The van der Waals surface area contributed by atoms with E-state index < -0.39 is 23.6 Å². The molecular formula is C23H32FN5O6S. The smallest absolute Gasteiger partial charge is 0.414 e. The van der Waals surface area contributed by atoms with E-state index in [4.69, 9.17) is 9.57 Å². The zero-order valence-corrected chi connectivity index (χ0v) is 21.7. The molecule has 2 aliphatic rings. The van der Waals surface area contributed by atoms with Gasteiger partial charge in [0.2, 0.25) is 18.2 Å². The first kappa shape index (κ1) is 27.5. The predicted molar refractivity (Wildman–Crippen MR) is 133 cm³/mol. The minimum absolute atomic E-state index is 0.0484. The van der Waals surface area contributed by atoms with Gasteiger partial charge in [0.15, 0.2) is 0 Å². The van der Waals surface area contributed by atoms with Crippen LogP contribution in [0.2, 0.25) is 0 Å². The number of hydroxylamine groups is 1. The molecule has 198 valence electrons. The largest absolute Gasteiger partial charge is 0.442 e. The molecule has 0 spiro atoms. The zero-order valence-electron chi connectivity index (χ0n) is 20.9. The number of carbonyl (C=O) groups is 4. The Kier molecular flexibility index (Phi) is 9.01. The Labute approximate surface area is 213 Å². The van der Waals surface area contributed by atoms with Crippen molar-refractivity contribution >= 4 is 47.6 Å². The van der Waals surface area contributed by atoms with Gasteiger partial charge in [-0.1, -0.05) is 0 Å². The Hall–Kier alpha value is -3.06. The van der Waals surface area contributed by atoms with Crippen molar-refractivity contribution in [3.8, 4) is 0 Å². The number of anilines is 2. The number of amides is 4. The second-order valence-corrected chi connectivity index (χ2v) is 10.3. The lowest BCUT2D eigenvalue weighted by Gasteiger charge is -2.36. The average molecular weight is 526 g/mol. The first-order valence-electron chi connectivity index (χ1n) is 11.6. The van der Waals surface area contributed by atoms with Gasteiger partial charge in [-0.25, -0.2) is 9.18 Å². The van der Waals surface area contributed by atoms with E-state index in [2.05, 4.69) is 5.32 Å². The minimum atomic E-state index is -0.594. The molecule has 0 bridgehead atoms. The van der Waals surface area contributed by atoms with Crippen molar-refractivity contribution in [2.24, 2.45) is 0 Å². The fourth-order valence-electron chi connectivity index (χ4n) is 3.77. The van der Waals surface area contributed by atoms with E-state index in [1.807, 2.05) is 4.90 Å². The standard InChI is InChI=1S/C23H32FN5O6S/c1-16(31)25-12-18-13-28(22(33)34-18)17-5-6-20(19(24)11-17)26-7-9-27(10-8-26)21(32)14-36-29(15-30)35-23(2,3)4/h5-6,11,15,18H,7-10,12-14H2,1-4H3,(H,25,31). The Morgan fingerprint density at radius 3 is 2.56 bits per heavy atom. The van der Waals surface area contributed by atoms with Crippen LogP contribution < -0.4 is 15.1 Å². The normalized spacial score (nSPS) is 18.2. The summed E-state index contributed by atoms with van der Waals surface area (Å²) in [7, 11) is 0. The second-order valence-electron chi connectivity index (χ2n) is 9.42. The van der Waals surface area contributed by atoms with Crippen molar-refractivity contribution in [1.82, 2.24) is 14.7 Å². The van der Waals surface area contributed by atoms with Crippen LogP contribution in [0, 0.1) is 5.82 Å². The maximum atomic E-state index is 15.0. The maximum absolute atomic E-state index is 15.0. The van der Waals surface area contributed by atoms with Gasteiger partial charge in [0.25, 0.3) is 0 Å². The van der Waals surface area contributed by atoms with Crippen LogP contribution >= 0.6 is 11.9 Å². The summed E-state index contributed by atoms with van der Waals surface area (Å²) >= 11 is 0.983. The van der Waals surface area contributed by atoms with Gasteiger partial charge in [-0.2, -0.15) is 4.47 Å². The molecular weight excluding hydrogens is 493 g/mol. The van der Waals surface area contributed by atoms with E-state index in [0.29, 0.717) is 44.0 Å². The molecule has 2 fully saturated rings. The highest BCUT2D eigenvalue weighted by Crippen LogP contribution is 2.28. The number of halogens is 1. The summed E-state index contributed by atoms with van der Waals surface area (Å²) in [6, 6.07) is 4.55. The van der Waals surface area contributed by atoms with Gasteiger partial charge >= 0.3 is 6.09 Å². The molecule has 2 saturated heterocycles. The SMILES string of the molecule is CC(=O)NCC1CN(c2ccc(N3CCN(C(=O)CSN(C=O)OC(C)(C)C)CC3)c(F)c2)C(=O)O1. The van der Waals surface area contributed by atoms with Crippen molar-refractivity contribution in [2.75, 3.05) is 54.8 Å². The number of piperazine rings is 1. The topological polar surface area (TPSA) is 112 Å². The number of rotatable bonds is 9. The Balaban J connectivity index is 1.52. The Morgan fingerprint density at radius 1 is 1.28 bits per heavy atom. The summed E-state index contributed by atoms with van der Waals surface area (Å²) in [6.07, 6.45) is -0.575. The monoisotopic (exact) mass is 525 g/mol. The van der Waals surface area contributed by atoms with Crippen molar-refractivity contribution in [1.29, 1.82) is 0 Å². The van der Waals surface area contributed by atoms with Gasteiger partial charge in [0, 0.05) is 33.1 Å². The van der Waals surface area contributed by atoms with Crippen LogP contribution in [0.1, 0.15) is 27.7 Å². The van der Waals surface area contributed by atoms with E-state index in [0.717, 1.165) is 16.4 Å². The van der Waals surface area contributed by atoms with E-state index in [-0.39, 0.29) is 30.7 Å². The molecule has 36 heavy (non-hydrogen) atoms. The van der Waals surface area contributed by atoms with Crippen LogP contribution in [0.15, 0.2) is 18.2 Å². The quantitative estimate of drug-likeness (QED) is 0.295. The fraction of sp³-hybridized carbons (Fsp3) is 0.565. The molecule has 1 atom stereocenters. The van der Waals surface area contributed by atoms with Crippen LogP contribution in [-0.4, -0.2) is 90.4 Å². The second kappa shape index (κ2) is 11.8. The summed E-state index contributed by atoms with van der Waals surface area (Å²) in [6.45, 7) is 8.88. The number of nitrogens with zero attached hydrogens (tertiary/aromatic N) is 4. The molecule has 0 saturated carbocycles. The van der Waals surface area contributed by atoms with Gasteiger partial charge in [-0.15, -0.1) is 0 Å². The predicted octanol–water partition coefficient (Wildman–Crippen LogP) is 1.77. The van der Waals surface area contributed by atoms with Crippen molar-refractivity contribution in [3.63, 3.8) is 0 Å². The summed E-state index contributed by atoms with van der Waals surface area (Å²) in [4.78, 5) is 57.3. The lowest BCUT2D eigenvalue weighted by molar-refractivity contribution is -0.172. The van der Waals surface area contributed by atoms with Crippen LogP contribution in [0.5, 0.6) is 0 Å². The van der Waals surface area contributed by atoms with E-state index >= 15 is 0 Å². The van der Waals surface area contributed by atoms with Crippen molar-refractivity contribution in [2.45, 2.75) is 39.4 Å². The van der Waals surface area contributed by atoms with Crippen LogP contribution in [0.3, 0.4) is 0 Å². The van der Waals surface area contributed by atoms with Gasteiger partial charge in [-0.05, 0) is 50.9 Å². The summed E-state index contributed by atoms with van der Waals surface area (Å²) in [5.74, 6) is -0.798. The number of hydrogen-bond donors (Lipinski definition) is 1. The summed E-state index contributed by atoms with van der Waals surface area (Å²) < 4.78 is 21.3. The highest BCUT2D eigenvalue weighted by molar-refractivity contribution is 7.97. The van der Waals surface area contributed by atoms with Gasteiger partial charge in [0.05, 0.1) is 35.8 Å². The fourth-order valence-corrected chi connectivity index (χ4v) is 4.53. The van der Waals surface area contributed by atoms with Gasteiger partial charge in [0.1, 0.15) is 11.9 Å². The average Bonchev–Trinajstić information content (AvgIpc) is 3.20. The Bertz CT molecular complexity index is 982. The van der Waals surface area contributed by atoms with E-state index in [1.165, 1.54) is 17.9 Å². The molecule has 0 aliphatic carbocycles. The molecule has 11 nitrogen and oxygen atoms in total. The molecule has 1 aromatic carbocycles. The summed E-state index contributed by atoms with van der Waals surface area (Å²) in [5, 5.41) is 2.60. The third kappa shape index (κ3) is 7.47. The third-order valence-corrected chi connectivity index (χ3v) is 6.23. The number of ether oxygens (including phenoxy) is 1.